The monoisotopic (exact) mass is 224 g/mol. The van der Waals surface area contributed by atoms with E-state index >= 15 is 0 Å². The van der Waals surface area contributed by atoms with E-state index in [1.165, 1.54) is 13.3 Å². The van der Waals surface area contributed by atoms with Gasteiger partial charge in [-0.15, -0.1) is 0 Å². The smallest absolute Gasteiger partial charge is 0.306 e. The Morgan fingerprint density at radius 1 is 1.69 bits per heavy atom. The van der Waals surface area contributed by atoms with E-state index in [4.69, 9.17) is 0 Å². The summed E-state index contributed by atoms with van der Waals surface area (Å²) in [7, 11) is 1.26. The molecule has 0 saturated carbocycles. The third-order valence-corrected chi connectivity index (χ3v) is 2.17. The highest BCUT2D eigenvalue weighted by Gasteiger charge is 2.21. The average Bonchev–Trinajstić information content (AvgIpc) is 2.28. The van der Waals surface area contributed by atoms with Gasteiger partial charge in [0, 0.05) is 17.3 Å². The first-order chi connectivity index (χ1) is 7.63. The van der Waals surface area contributed by atoms with Crippen LogP contribution in [0, 0.1) is 10.1 Å². The highest BCUT2D eigenvalue weighted by Crippen LogP contribution is 2.19. The number of carbonyl (C=O) groups is 1. The van der Waals surface area contributed by atoms with Crippen molar-refractivity contribution in [2.24, 2.45) is 0 Å². The zero-order valence-corrected chi connectivity index (χ0v) is 8.83. The minimum absolute atomic E-state index is 0.0107. The lowest BCUT2D eigenvalue weighted by atomic mass is 9.97. The Kier molecular flexibility index (Phi) is 4.38. The molecule has 0 aliphatic rings. The van der Waals surface area contributed by atoms with Crippen LogP contribution in [0.1, 0.15) is 17.9 Å². The highest BCUT2D eigenvalue weighted by atomic mass is 16.6. The van der Waals surface area contributed by atoms with Gasteiger partial charge in [0.25, 0.3) is 0 Å². The van der Waals surface area contributed by atoms with Gasteiger partial charge < -0.3 is 4.74 Å². The molecule has 0 spiro atoms. The number of methoxy groups -OCH3 is 1. The van der Waals surface area contributed by atoms with Gasteiger partial charge in [0.15, 0.2) is 0 Å². The standard InChI is InChI=1S/C10H12N2O4/c1-16-10(13)5-9(7-12(14)15)8-3-2-4-11-6-8/h2-4,6,9H,5,7H2,1H3. The van der Waals surface area contributed by atoms with Crippen LogP contribution in [0.5, 0.6) is 0 Å². The predicted octanol–water partition coefficient (Wildman–Crippen LogP) is 1.00. The number of rotatable bonds is 5. The van der Waals surface area contributed by atoms with E-state index in [1.54, 1.807) is 18.3 Å². The summed E-state index contributed by atoms with van der Waals surface area (Å²) in [6, 6.07) is 3.39. The molecule has 1 rings (SSSR count). The Hall–Kier alpha value is -1.98. The van der Waals surface area contributed by atoms with Crippen LogP contribution < -0.4 is 0 Å². The number of nitro groups is 1. The van der Waals surface area contributed by atoms with E-state index in [9.17, 15) is 14.9 Å². The Bertz CT molecular complexity index is 366. The van der Waals surface area contributed by atoms with Crippen LogP contribution in [0.25, 0.3) is 0 Å². The fourth-order valence-electron chi connectivity index (χ4n) is 1.37. The summed E-state index contributed by atoms with van der Waals surface area (Å²) in [4.78, 5) is 25.0. The molecule has 0 fully saturated rings. The van der Waals surface area contributed by atoms with Crippen molar-refractivity contribution in [3.63, 3.8) is 0 Å². The first-order valence-electron chi connectivity index (χ1n) is 4.72. The van der Waals surface area contributed by atoms with Crippen molar-refractivity contribution in [3.8, 4) is 0 Å². The Morgan fingerprint density at radius 3 is 2.94 bits per heavy atom. The summed E-state index contributed by atoms with van der Waals surface area (Å²) in [5.41, 5.74) is 0.671. The van der Waals surface area contributed by atoms with E-state index in [0.717, 1.165) is 0 Å². The molecule has 6 heteroatoms. The zero-order chi connectivity index (χ0) is 12.0. The van der Waals surface area contributed by atoms with Crippen molar-refractivity contribution < 1.29 is 14.5 Å². The van der Waals surface area contributed by atoms with Gasteiger partial charge in [0.1, 0.15) is 0 Å². The molecule has 16 heavy (non-hydrogen) atoms. The molecule has 0 bridgehead atoms. The maximum Gasteiger partial charge on any atom is 0.306 e. The van der Waals surface area contributed by atoms with Gasteiger partial charge >= 0.3 is 5.97 Å². The van der Waals surface area contributed by atoms with Gasteiger partial charge in [0.05, 0.1) is 19.4 Å². The van der Waals surface area contributed by atoms with Crippen molar-refractivity contribution in [1.29, 1.82) is 0 Å². The maximum atomic E-state index is 11.1. The normalized spacial score (nSPS) is 11.8. The van der Waals surface area contributed by atoms with Gasteiger partial charge in [-0.05, 0) is 11.6 Å². The van der Waals surface area contributed by atoms with Crippen LogP contribution in [0.3, 0.4) is 0 Å². The quantitative estimate of drug-likeness (QED) is 0.423. The van der Waals surface area contributed by atoms with Crippen LogP contribution in [0.2, 0.25) is 0 Å². The summed E-state index contributed by atoms with van der Waals surface area (Å²) in [5, 5.41) is 10.5. The molecule has 0 radical (unpaired) electrons. The second kappa shape index (κ2) is 5.79. The lowest BCUT2D eigenvalue weighted by Crippen LogP contribution is -2.17. The van der Waals surface area contributed by atoms with E-state index in [1.807, 2.05) is 0 Å². The van der Waals surface area contributed by atoms with E-state index < -0.39 is 16.8 Å². The minimum Gasteiger partial charge on any atom is -0.469 e. The number of nitrogens with zero attached hydrogens (tertiary/aromatic N) is 2. The average molecular weight is 224 g/mol. The van der Waals surface area contributed by atoms with Crippen LogP contribution in [0.4, 0.5) is 0 Å². The molecule has 1 unspecified atom stereocenters. The molecular formula is C10H12N2O4. The first-order valence-corrected chi connectivity index (χ1v) is 4.72. The summed E-state index contributed by atoms with van der Waals surface area (Å²) in [5.74, 6) is -0.952. The molecule has 1 heterocycles. The molecular weight excluding hydrogens is 212 g/mol. The summed E-state index contributed by atoms with van der Waals surface area (Å²) in [6.45, 7) is -0.305. The van der Waals surface area contributed by atoms with Crippen molar-refractivity contribution in [3.05, 3.63) is 40.2 Å². The molecule has 86 valence electrons. The fraction of sp³-hybridized carbons (Fsp3) is 0.400. The van der Waals surface area contributed by atoms with Crippen molar-refractivity contribution >= 4 is 5.97 Å². The number of esters is 1. The second-order valence-electron chi connectivity index (χ2n) is 3.28. The number of pyridine rings is 1. The van der Waals surface area contributed by atoms with Crippen molar-refractivity contribution in [2.75, 3.05) is 13.7 Å². The molecule has 0 amide bonds. The van der Waals surface area contributed by atoms with E-state index in [0.29, 0.717) is 5.56 Å². The van der Waals surface area contributed by atoms with Crippen LogP contribution in [0.15, 0.2) is 24.5 Å². The van der Waals surface area contributed by atoms with Crippen molar-refractivity contribution in [2.45, 2.75) is 12.3 Å². The highest BCUT2D eigenvalue weighted by molar-refractivity contribution is 5.70. The molecule has 0 N–H and O–H groups in total. The number of ether oxygens (including phenoxy) is 1. The molecule has 0 aliphatic carbocycles. The van der Waals surface area contributed by atoms with E-state index in [2.05, 4.69) is 9.72 Å². The third-order valence-electron chi connectivity index (χ3n) is 2.17. The van der Waals surface area contributed by atoms with Crippen molar-refractivity contribution in [1.82, 2.24) is 4.98 Å². The lowest BCUT2D eigenvalue weighted by Gasteiger charge is -2.10. The third kappa shape index (κ3) is 3.64. The van der Waals surface area contributed by atoms with Gasteiger partial charge in [0.2, 0.25) is 6.54 Å². The molecule has 1 aromatic rings. The molecule has 1 aromatic heterocycles. The molecule has 0 aliphatic heterocycles. The number of carbonyl (C=O) groups excluding carboxylic acids is 1. The van der Waals surface area contributed by atoms with Gasteiger partial charge in [-0.2, -0.15) is 0 Å². The summed E-state index contributed by atoms with van der Waals surface area (Å²) in [6.07, 6.45) is 3.09. The largest absolute Gasteiger partial charge is 0.469 e. The Labute approximate surface area is 92.4 Å². The van der Waals surface area contributed by atoms with Gasteiger partial charge in [-0.3, -0.25) is 19.9 Å². The van der Waals surface area contributed by atoms with Crippen LogP contribution >= 0.6 is 0 Å². The van der Waals surface area contributed by atoms with Gasteiger partial charge in [-0.25, -0.2) is 0 Å². The number of aromatic nitrogens is 1. The lowest BCUT2D eigenvalue weighted by molar-refractivity contribution is -0.483. The van der Waals surface area contributed by atoms with Crippen LogP contribution in [-0.4, -0.2) is 29.5 Å². The number of hydrogen-bond donors (Lipinski definition) is 0. The number of hydrogen-bond acceptors (Lipinski definition) is 5. The Balaban J connectivity index is 2.79. The Morgan fingerprint density at radius 2 is 2.44 bits per heavy atom. The SMILES string of the molecule is COC(=O)CC(C[N+](=O)[O-])c1cccnc1. The van der Waals surface area contributed by atoms with Crippen LogP contribution in [-0.2, 0) is 9.53 Å². The molecule has 1 atom stereocenters. The van der Waals surface area contributed by atoms with Gasteiger partial charge in [-0.1, -0.05) is 6.07 Å². The predicted molar refractivity (Wildman–Crippen MR) is 55.5 cm³/mol. The summed E-state index contributed by atoms with van der Waals surface area (Å²) < 4.78 is 4.50. The fourth-order valence-corrected chi connectivity index (χ4v) is 1.37. The first kappa shape index (κ1) is 12.1. The zero-order valence-electron chi connectivity index (χ0n) is 8.83. The topological polar surface area (TPSA) is 82.3 Å². The molecule has 0 aromatic carbocycles. The van der Waals surface area contributed by atoms with E-state index in [-0.39, 0.29) is 13.0 Å². The molecule has 0 saturated heterocycles. The maximum absolute atomic E-state index is 11.1. The minimum atomic E-state index is -0.490. The molecule has 6 nitrogen and oxygen atoms in total. The summed E-state index contributed by atoms with van der Waals surface area (Å²) >= 11 is 0. The second-order valence-corrected chi connectivity index (χ2v) is 3.28.